The van der Waals surface area contributed by atoms with Crippen LogP contribution in [0.1, 0.15) is 5.69 Å². The van der Waals surface area contributed by atoms with Gasteiger partial charge in [-0.05, 0) is 31.2 Å². The van der Waals surface area contributed by atoms with Crippen molar-refractivity contribution < 1.29 is 14.4 Å². The Morgan fingerprint density at radius 2 is 1.74 bits per heavy atom. The fourth-order valence-corrected chi connectivity index (χ4v) is 2.28. The van der Waals surface area contributed by atoms with Gasteiger partial charge in [-0.3, -0.25) is 15.1 Å². The van der Waals surface area contributed by atoms with E-state index < -0.39 is 4.92 Å². The first-order chi connectivity index (χ1) is 11.1. The number of nitro groups is 1. The molecule has 3 aromatic rings. The maximum Gasteiger partial charge on any atom is 0.269 e. The summed E-state index contributed by atoms with van der Waals surface area (Å²) in [5, 5.41) is 11.5. The van der Waals surface area contributed by atoms with Gasteiger partial charge >= 0.3 is 0 Å². The maximum atomic E-state index is 10.7. The average molecular weight is 310 g/mol. The smallest absolute Gasteiger partial charge is 0.269 e. The molecule has 0 N–H and O–H groups in total. The summed E-state index contributed by atoms with van der Waals surface area (Å²) in [5.74, 6) is 1.89. The van der Waals surface area contributed by atoms with Crippen molar-refractivity contribution in [1.29, 1.82) is 0 Å². The third-order valence-corrected chi connectivity index (χ3v) is 3.38. The standard InChI is InChI=1S/C17H14N2O4/c1-11-9-17(15-8-7-14(22-2)10-16(15)18-11)23-13-5-3-12(4-6-13)19(20)21/h3-10H,1-2H3. The van der Waals surface area contributed by atoms with Crippen LogP contribution < -0.4 is 9.47 Å². The average Bonchev–Trinajstić information content (AvgIpc) is 2.54. The number of nitrogens with zero attached hydrogens (tertiary/aromatic N) is 2. The van der Waals surface area contributed by atoms with Crippen LogP contribution in [-0.4, -0.2) is 17.0 Å². The van der Waals surface area contributed by atoms with Crippen LogP contribution in [0.4, 0.5) is 5.69 Å². The molecule has 0 atom stereocenters. The monoisotopic (exact) mass is 310 g/mol. The number of benzene rings is 2. The Morgan fingerprint density at radius 1 is 1.04 bits per heavy atom. The summed E-state index contributed by atoms with van der Waals surface area (Å²) in [4.78, 5) is 14.7. The molecule has 0 amide bonds. The summed E-state index contributed by atoms with van der Waals surface area (Å²) in [6.45, 7) is 1.88. The zero-order chi connectivity index (χ0) is 16.4. The third-order valence-electron chi connectivity index (χ3n) is 3.38. The van der Waals surface area contributed by atoms with Gasteiger partial charge in [0.15, 0.2) is 0 Å². The van der Waals surface area contributed by atoms with Crippen LogP contribution in [0.2, 0.25) is 0 Å². The summed E-state index contributed by atoms with van der Waals surface area (Å²) in [6.07, 6.45) is 0. The molecule has 23 heavy (non-hydrogen) atoms. The fourth-order valence-electron chi connectivity index (χ4n) is 2.28. The normalized spacial score (nSPS) is 10.5. The van der Waals surface area contributed by atoms with E-state index in [2.05, 4.69) is 4.98 Å². The Balaban J connectivity index is 2.00. The number of aromatic nitrogens is 1. The molecule has 1 aromatic heterocycles. The molecule has 0 bridgehead atoms. The highest BCUT2D eigenvalue weighted by molar-refractivity contribution is 5.86. The Bertz CT molecular complexity index is 876. The lowest BCUT2D eigenvalue weighted by Gasteiger charge is -2.10. The second-order valence-corrected chi connectivity index (χ2v) is 5.00. The fraction of sp³-hybridized carbons (Fsp3) is 0.118. The minimum atomic E-state index is -0.442. The summed E-state index contributed by atoms with van der Waals surface area (Å²) in [7, 11) is 1.60. The molecule has 1 heterocycles. The van der Waals surface area contributed by atoms with E-state index in [1.807, 2.05) is 31.2 Å². The van der Waals surface area contributed by atoms with Gasteiger partial charge < -0.3 is 9.47 Å². The molecule has 0 aliphatic heterocycles. The molecule has 0 aliphatic carbocycles. The number of ether oxygens (including phenoxy) is 2. The SMILES string of the molecule is COc1ccc2c(Oc3ccc([N+](=O)[O-])cc3)cc(C)nc2c1. The molecule has 0 radical (unpaired) electrons. The van der Waals surface area contributed by atoms with Crippen LogP contribution in [-0.2, 0) is 0 Å². The number of non-ortho nitro benzene ring substituents is 1. The molecule has 0 spiro atoms. The van der Waals surface area contributed by atoms with Gasteiger partial charge in [0.05, 0.1) is 17.5 Å². The van der Waals surface area contributed by atoms with E-state index in [0.29, 0.717) is 11.5 Å². The van der Waals surface area contributed by atoms with Crippen molar-refractivity contribution in [2.75, 3.05) is 7.11 Å². The summed E-state index contributed by atoms with van der Waals surface area (Å²) >= 11 is 0. The van der Waals surface area contributed by atoms with E-state index in [9.17, 15) is 10.1 Å². The van der Waals surface area contributed by atoms with Crippen molar-refractivity contribution in [2.24, 2.45) is 0 Å². The van der Waals surface area contributed by atoms with E-state index >= 15 is 0 Å². The molecule has 0 unspecified atom stereocenters. The highest BCUT2D eigenvalue weighted by Gasteiger charge is 2.09. The minimum absolute atomic E-state index is 0.0258. The van der Waals surface area contributed by atoms with E-state index in [4.69, 9.17) is 9.47 Å². The molecule has 0 aliphatic rings. The van der Waals surface area contributed by atoms with Gasteiger partial charge in [0.2, 0.25) is 0 Å². The predicted molar refractivity (Wildman–Crippen MR) is 86.2 cm³/mol. The number of hydrogen-bond donors (Lipinski definition) is 0. The molecule has 0 saturated heterocycles. The summed E-state index contributed by atoms with van der Waals surface area (Å²) < 4.78 is 11.1. The van der Waals surface area contributed by atoms with Crippen molar-refractivity contribution >= 4 is 16.6 Å². The van der Waals surface area contributed by atoms with Crippen LogP contribution in [0, 0.1) is 17.0 Å². The predicted octanol–water partition coefficient (Wildman–Crippen LogP) is 4.25. The van der Waals surface area contributed by atoms with Crippen molar-refractivity contribution in [2.45, 2.75) is 6.92 Å². The third kappa shape index (κ3) is 3.06. The number of methoxy groups -OCH3 is 1. The van der Waals surface area contributed by atoms with Gasteiger partial charge in [-0.2, -0.15) is 0 Å². The number of hydrogen-bond acceptors (Lipinski definition) is 5. The molecular formula is C17H14N2O4. The number of rotatable bonds is 4. The maximum absolute atomic E-state index is 10.7. The van der Waals surface area contributed by atoms with Crippen LogP contribution >= 0.6 is 0 Å². The second kappa shape index (κ2) is 5.92. The summed E-state index contributed by atoms with van der Waals surface area (Å²) in [6, 6.07) is 13.3. The Labute approximate surface area is 132 Å². The van der Waals surface area contributed by atoms with E-state index in [1.165, 1.54) is 12.1 Å². The van der Waals surface area contributed by atoms with Gasteiger partial charge in [-0.15, -0.1) is 0 Å². The number of aryl methyl sites for hydroxylation is 1. The van der Waals surface area contributed by atoms with Crippen molar-refractivity contribution in [3.05, 3.63) is 64.3 Å². The molecule has 116 valence electrons. The molecular weight excluding hydrogens is 296 g/mol. The van der Waals surface area contributed by atoms with Gasteiger partial charge in [-0.1, -0.05) is 0 Å². The Hall–Kier alpha value is -3.15. The van der Waals surface area contributed by atoms with Crippen molar-refractivity contribution in [3.8, 4) is 17.2 Å². The topological polar surface area (TPSA) is 74.5 Å². The number of nitro benzene ring substituents is 1. The number of pyridine rings is 1. The molecule has 6 nitrogen and oxygen atoms in total. The largest absolute Gasteiger partial charge is 0.497 e. The first-order valence-corrected chi connectivity index (χ1v) is 6.94. The first-order valence-electron chi connectivity index (χ1n) is 6.94. The molecule has 3 rings (SSSR count). The van der Waals surface area contributed by atoms with Gasteiger partial charge in [0.1, 0.15) is 17.2 Å². The molecule has 0 fully saturated rings. The van der Waals surface area contributed by atoms with Gasteiger partial charge in [-0.25, -0.2) is 0 Å². The van der Waals surface area contributed by atoms with E-state index in [1.54, 1.807) is 19.2 Å². The molecule has 6 heteroatoms. The van der Waals surface area contributed by atoms with E-state index in [0.717, 1.165) is 22.3 Å². The van der Waals surface area contributed by atoms with Gasteiger partial charge in [0.25, 0.3) is 5.69 Å². The van der Waals surface area contributed by atoms with Crippen LogP contribution in [0.3, 0.4) is 0 Å². The first kappa shape index (κ1) is 14.8. The highest BCUT2D eigenvalue weighted by Crippen LogP contribution is 2.32. The molecule has 0 saturated carbocycles. The van der Waals surface area contributed by atoms with Crippen LogP contribution in [0.5, 0.6) is 17.2 Å². The van der Waals surface area contributed by atoms with Crippen LogP contribution in [0.15, 0.2) is 48.5 Å². The van der Waals surface area contributed by atoms with Gasteiger partial charge in [0, 0.05) is 35.3 Å². The lowest BCUT2D eigenvalue weighted by atomic mass is 10.1. The van der Waals surface area contributed by atoms with E-state index in [-0.39, 0.29) is 5.69 Å². The number of fused-ring (bicyclic) bond motifs is 1. The Kier molecular flexibility index (Phi) is 3.80. The lowest BCUT2D eigenvalue weighted by molar-refractivity contribution is -0.384. The quantitative estimate of drug-likeness (QED) is 0.532. The zero-order valence-corrected chi connectivity index (χ0v) is 12.6. The second-order valence-electron chi connectivity index (χ2n) is 5.00. The highest BCUT2D eigenvalue weighted by atomic mass is 16.6. The summed E-state index contributed by atoms with van der Waals surface area (Å²) in [5.41, 5.74) is 1.60. The lowest BCUT2D eigenvalue weighted by Crippen LogP contribution is -1.92. The van der Waals surface area contributed by atoms with Crippen molar-refractivity contribution in [1.82, 2.24) is 4.98 Å². The molecule has 2 aromatic carbocycles. The minimum Gasteiger partial charge on any atom is -0.497 e. The Morgan fingerprint density at radius 3 is 2.39 bits per heavy atom. The zero-order valence-electron chi connectivity index (χ0n) is 12.6. The van der Waals surface area contributed by atoms with Crippen molar-refractivity contribution in [3.63, 3.8) is 0 Å². The van der Waals surface area contributed by atoms with Crippen LogP contribution in [0.25, 0.3) is 10.9 Å².